The van der Waals surface area contributed by atoms with E-state index >= 15 is 0 Å². The Morgan fingerprint density at radius 3 is 2.86 bits per heavy atom. The Morgan fingerprint density at radius 2 is 2.05 bits per heavy atom. The van der Waals surface area contributed by atoms with Crippen LogP contribution in [0.1, 0.15) is 17.0 Å². The van der Waals surface area contributed by atoms with Gasteiger partial charge < -0.3 is 14.6 Å². The van der Waals surface area contributed by atoms with E-state index in [0.717, 1.165) is 24.2 Å². The first-order chi connectivity index (χ1) is 10.0. The second kappa shape index (κ2) is 5.45. The van der Waals surface area contributed by atoms with Gasteiger partial charge in [-0.3, -0.25) is 0 Å². The van der Waals surface area contributed by atoms with Crippen LogP contribution in [0.3, 0.4) is 0 Å². The molecule has 5 nitrogen and oxygen atoms in total. The van der Waals surface area contributed by atoms with E-state index in [1.165, 1.54) is 5.56 Å². The predicted octanol–water partition coefficient (Wildman–Crippen LogP) is 2.42. The van der Waals surface area contributed by atoms with E-state index in [-0.39, 0.29) is 18.3 Å². The molecule has 0 unspecified atom stereocenters. The molecule has 1 aliphatic rings. The minimum atomic E-state index is -4.36. The number of aromatic nitrogens is 2. The third-order valence-corrected chi connectivity index (χ3v) is 3.05. The van der Waals surface area contributed by atoms with Gasteiger partial charge in [0.05, 0.1) is 0 Å². The second-order valence-electron chi connectivity index (χ2n) is 4.71. The molecule has 0 saturated carbocycles. The Morgan fingerprint density at radius 1 is 1.24 bits per heavy atom. The van der Waals surface area contributed by atoms with Crippen LogP contribution in [-0.2, 0) is 24.4 Å². The van der Waals surface area contributed by atoms with Crippen molar-refractivity contribution in [2.45, 2.75) is 25.9 Å². The minimum absolute atomic E-state index is 0.0906. The van der Waals surface area contributed by atoms with Crippen molar-refractivity contribution in [2.75, 3.05) is 6.61 Å². The number of nitrogens with one attached hydrogen (secondary N) is 1. The average Bonchev–Trinajstić information content (AvgIpc) is 3.04. The maximum absolute atomic E-state index is 12.0. The quantitative estimate of drug-likeness (QED) is 0.939. The third kappa shape index (κ3) is 3.40. The Balaban J connectivity index is 1.67. The fourth-order valence-electron chi connectivity index (χ4n) is 2.12. The second-order valence-corrected chi connectivity index (χ2v) is 4.71. The molecule has 1 N–H and O–H groups in total. The molecule has 0 bridgehead atoms. The summed E-state index contributed by atoms with van der Waals surface area (Å²) in [4.78, 5) is 4.04. The van der Waals surface area contributed by atoms with E-state index in [9.17, 15) is 13.2 Å². The largest absolute Gasteiger partial charge is 0.411 e. The van der Waals surface area contributed by atoms with Crippen molar-refractivity contribution in [3.8, 4) is 11.5 Å². The fraction of sp³-hybridized carbons (Fsp3) is 0.385. The Hall–Kier alpha value is -1.93. The summed E-state index contributed by atoms with van der Waals surface area (Å²) in [6.07, 6.45) is -4.36. The van der Waals surface area contributed by atoms with Crippen LogP contribution in [0.15, 0.2) is 22.7 Å². The van der Waals surface area contributed by atoms with Gasteiger partial charge in [0.1, 0.15) is 13.2 Å². The molecule has 2 aromatic rings. The molecule has 8 heteroatoms. The number of rotatable bonds is 4. The highest BCUT2D eigenvalue weighted by molar-refractivity contribution is 5.56. The predicted molar refractivity (Wildman–Crippen MR) is 66.0 cm³/mol. The van der Waals surface area contributed by atoms with Crippen LogP contribution in [0.25, 0.3) is 11.5 Å². The van der Waals surface area contributed by atoms with Gasteiger partial charge in [-0.05, 0) is 23.3 Å². The van der Waals surface area contributed by atoms with Crippen molar-refractivity contribution in [1.82, 2.24) is 15.5 Å². The molecule has 0 aliphatic carbocycles. The van der Waals surface area contributed by atoms with Gasteiger partial charge in [0.15, 0.2) is 5.82 Å². The summed E-state index contributed by atoms with van der Waals surface area (Å²) in [6.45, 7) is -0.0638. The average molecular weight is 299 g/mol. The Kier molecular flexibility index (Phi) is 3.64. The number of nitrogens with zero attached hydrogens (tertiary/aromatic N) is 2. The van der Waals surface area contributed by atoms with E-state index in [1.807, 2.05) is 18.2 Å². The van der Waals surface area contributed by atoms with Gasteiger partial charge in [-0.15, -0.1) is 0 Å². The minimum Gasteiger partial charge on any atom is -0.364 e. The van der Waals surface area contributed by atoms with E-state index in [0.29, 0.717) is 0 Å². The summed E-state index contributed by atoms with van der Waals surface area (Å²) in [5, 5.41) is 6.83. The number of ether oxygens (including phenoxy) is 1. The van der Waals surface area contributed by atoms with Crippen molar-refractivity contribution in [2.24, 2.45) is 0 Å². The van der Waals surface area contributed by atoms with Gasteiger partial charge >= 0.3 is 6.18 Å². The lowest BCUT2D eigenvalue weighted by Crippen LogP contribution is -2.16. The highest BCUT2D eigenvalue weighted by Crippen LogP contribution is 2.24. The summed E-state index contributed by atoms with van der Waals surface area (Å²) in [7, 11) is 0. The molecule has 112 valence electrons. The van der Waals surface area contributed by atoms with Crippen LogP contribution in [0, 0.1) is 0 Å². The van der Waals surface area contributed by atoms with Crippen molar-refractivity contribution in [3.05, 3.63) is 35.2 Å². The maximum atomic E-state index is 12.0. The van der Waals surface area contributed by atoms with Crippen molar-refractivity contribution in [3.63, 3.8) is 0 Å². The highest BCUT2D eigenvalue weighted by Gasteiger charge is 2.27. The van der Waals surface area contributed by atoms with Gasteiger partial charge in [0, 0.05) is 18.7 Å². The molecule has 0 saturated heterocycles. The molecule has 0 amide bonds. The zero-order valence-corrected chi connectivity index (χ0v) is 10.9. The van der Waals surface area contributed by atoms with Gasteiger partial charge in [-0.25, -0.2) is 0 Å². The van der Waals surface area contributed by atoms with Gasteiger partial charge in [0.25, 0.3) is 5.89 Å². The number of alkyl halides is 3. The molecule has 0 spiro atoms. The molecular formula is C13H12F3N3O2. The van der Waals surface area contributed by atoms with E-state index in [4.69, 9.17) is 4.52 Å². The Bertz CT molecular complexity index is 640. The molecule has 2 heterocycles. The maximum Gasteiger partial charge on any atom is 0.411 e. The highest BCUT2D eigenvalue weighted by atomic mass is 19.4. The fourth-order valence-corrected chi connectivity index (χ4v) is 2.12. The lowest BCUT2D eigenvalue weighted by atomic mass is 10.1. The lowest BCUT2D eigenvalue weighted by molar-refractivity contribution is -0.177. The van der Waals surface area contributed by atoms with Crippen molar-refractivity contribution in [1.29, 1.82) is 0 Å². The van der Waals surface area contributed by atoms with E-state index in [2.05, 4.69) is 20.2 Å². The van der Waals surface area contributed by atoms with Crippen LogP contribution in [0.5, 0.6) is 0 Å². The number of benzene rings is 1. The van der Waals surface area contributed by atoms with Crippen LogP contribution in [0.2, 0.25) is 0 Å². The molecule has 1 aromatic carbocycles. The first kappa shape index (κ1) is 14.0. The number of hydrogen-bond donors (Lipinski definition) is 1. The molecule has 0 atom stereocenters. The standard InChI is InChI=1S/C13H12F3N3O2/c14-13(15,16)7-20-6-11-18-12(21-19-11)8-1-2-9-4-17-5-10(9)3-8/h1-3,17H,4-7H2. The molecule has 1 aromatic heterocycles. The van der Waals surface area contributed by atoms with E-state index in [1.54, 1.807) is 0 Å². The summed E-state index contributed by atoms with van der Waals surface area (Å²) < 4.78 is 45.4. The first-order valence-electron chi connectivity index (χ1n) is 6.31. The SMILES string of the molecule is FC(F)(F)COCc1noc(-c2ccc3c(c2)CNC3)n1. The summed E-state index contributed by atoms with van der Waals surface area (Å²) >= 11 is 0. The molecular weight excluding hydrogens is 287 g/mol. The van der Waals surface area contributed by atoms with E-state index < -0.39 is 12.8 Å². The number of fused-ring (bicyclic) bond motifs is 1. The summed E-state index contributed by atoms with van der Waals surface area (Å²) in [5.41, 5.74) is 3.11. The van der Waals surface area contributed by atoms with Crippen LogP contribution >= 0.6 is 0 Å². The zero-order valence-electron chi connectivity index (χ0n) is 10.9. The molecule has 1 aliphatic heterocycles. The van der Waals surface area contributed by atoms with Crippen LogP contribution < -0.4 is 5.32 Å². The third-order valence-electron chi connectivity index (χ3n) is 3.05. The molecule has 21 heavy (non-hydrogen) atoms. The van der Waals surface area contributed by atoms with Gasteiger partial charge in [-0.1, -0.05) is 11.2 Å². The van der Waals surface area contributed by atoms with Crippen LogP contribution in [0.4, 0.5) is 13.2 Å². The monoisotopic (exact) mass is 299 g/mol. The van der Waals surface area contributed by atoms with Crippen LogP contribution in [-0.4, -0.2) is 22.9 Å². The number of halogens is 3. The topological polar surface area (TPSA) is 60.2 Å². The smallest absolute Gasteiger partial charge is 0.364 e. The normalized spacial score (nSPS) is 14.4. The van der Waals surface area contributed by atoms with Crippen molar-refractivity contribution < 1.29 is 22.4 Å². The lowest BCUT2D eigenvalue weighted by Gasteiger charge is -2.04. The Labute approximate surface area is 118 Å². The summed E-state index contributed by atoms with van der Waals surface area (Å²) in [6, 6.07) is 5.75. The van der Waals surface area contributed by atoms with Crippen molar-refractivity contribution >= 4 is 0 Å². The van der Waals surface area contributed by atoms with Gasteiger partial charge in [-0.2, -0.15) is 18.2 Å². The first-order valence-corrected chi connectivity index (χ1v) is 6.31. The molecule has 3 rings (SSSR count). The zero-order chi connectivity index (χ0) is 14.9. The van der Waals surface area contributed by atoms with Gasteiger partial charge in [0.2, 0.25) is 0 Å². The number of hydrogen-bond acceptors (Lipinski definition) is 5. The molecule has 0 fully saturated rings. The molecule has 0 radical (unpaired) electrons. The summed E-state index contributed by atoms with van der Waals surface area (Å²) in [5.74, 6) is 0.364.